The van der Waals surface area contributed by atoms with Crippen LogP contribution < -0.4 is 10.2 Å². The number of rotatable bonds is 7. The van der Waals surface area contributed by atoms with Crippen LogP contribution in [0.4, 0.5) is 5.82 Å². The molecule has 0 amide bonds. The number of anilines is 1. The molecule has 0 saturated carbocycles. The average molecular weight is 278 g/mol. The van der Waals surface area contributed by atoms with Crippen LogP contribution in [-0.4, -0.2) is 66.9 Å². The minimum atomic E-state index is -0.275. The second kappa shape index (κ2) is 8.19. The minimum absolute atomic E-state index is 0.275. The van der Waals surface area contributed by atoms with Gasteiger partial charge in [0, 0.05) is 45.5 Å². The molecular weight excluding hydrogens is 252 g/mol. The lowest BCUT2D eigenvalue weighted by Crippen LogP contribution is -2.50. The highest BCUT2D eigenvalue weighted by molar-refractivity contribution is 5.38. The van der Waals surface area contributed by atoms with E-state index in [0.29, 0.717) is 6.54 Å². The maximum Gasteiger partial charge on any atom is 0.128 e. The van der Waals surface area contributed by atoms with Gasteiger partial charge in [-0.05, 0) is 25.1 Å². The van der Waals surface area contributed by atoms with Crippen LogP contribution in [0.25, 0.3) is 0 Å². The first kappa shape index (κ1) is 15.2. The zero-order valence-corrected chi connectivity index (χ0v) is 12.3. The fraction of sp³-hybridized carbons (Fsp3) is 0.667. The molecule has 2 heterocycles. The number of nitrogens with zero attached hydrogens (tertiary/aromatic N) is 3. The van der Waals surface area contributed by atoms with E-state index >= 15 is 0 Å². The number of hydrogen-bond donors (Lipinski definition) is 2. The second-order valence-electron chi connectivity index (χ2n) is 5.33. The van der Waals surface area contributed by atoms with Gasteiger partial charge in [-0.2, -0.15) is 0 Å². The Morgan fingerprint density at radius 1 is 1.30 bits per heavy atom. The molecule has 2 N–H and O–H groups in total. The van der Waals surface area contributed by atoms with E-state index in [1.807, 2.05) is 18.3 Å². The Labute approximate surface area is 121 Å². The zero-order chi connectivity index (χ0) is 14.2. The molecule has 1 saturated heterocycles. The predicted molar refractivity (Wildman–Crippen MR) is 82.1 cm³/mol. The maximum atomic E-state index is 9.98. The Morgan fingerprint density at radius 3 is 2.75 bits per heavy atom. The Hall–Kier alpha value is -1.17. The Kier molecular flexibility index (Phi) is 6.24. The highest BCUT2D eigenvalue weighted by atomic mass is 16.3. The number of β-amino-alcohol motifs (C(OH)–C–C–N with tert-alkyl or cyclic N) is 1. The number of nitrogens with one attached hydrogen (secondary N) is 1. The van der Waals surface area contributed by atoms with Gasteiger partial charge in [0.1, 0.15) is 5.82 Å². The number of aromatic nitrogens is 1. The molecule has 1 aliphatic rings. The molecule has 112 valence electrons. The molecule has 0 spiro atoms. The molecule has 0 aromatic carbocycles. The second-order valence-corrected chi connectivity index (χ2v) is 5.33. The number of aliphatic hydroxyl groups is 1. The van der Waals surface area contributed by atoms with Gasteiger partial charge in [0.2, 0.25) is 0 Å². The standard InChI is InChI=1S/C15H26N4O/c1-2-6-16-12-14(20)13-18-8-10-19(11-9-18)15-5-3-4-7-17-15/h3-5,7,14,16,20H,2,6,8-13H2,1H3. The van der Waals surface area contributed by atoms with Gasteiger partial charge in [0.25, 0.3) is 0 Å². The van der Waals surface area contributed by atoms with Gasteiger partial charge in [-0.15, -0.1) is 0 Å². The molecule has 1 unspecified atom stereocenters. The molecule has 5 heteroatoms. The van der Waals surface area contributed by atoms with Crippen molar-refractivity contribution in [2.45, 2.75) is 19.4 Å². The summed E-state index contributed by atoms with van der Waals surface area (Å²) >= 11 is 0. The van der Waals surface area contributed by atoms with Gasteiger partial charge in [-0.1, -0.05) is 13.0 Å². The van der Waals surface area contributed by atoms with Crippen molar-refractivity contribution in [1.29, 1.82) is 0 Å². The largest absolute Gasteiger partial charge is 0.390 e. The van der Waals surface area contributed by atoms with E-state index in [1.165, 1.54) is 0 Å². The zero-order valence-electron chi connectivity index (χ0n) is 12.3. The first-order valence-corrected chi connectivity index (χ1v) is 7.56. The first-order chi connectivity index (χ1) is 9.79. The first-order valence-electron chi connectivity index (χ1n) is 7.56. The van der Waals surface area contributed by atoms with Gasteiger partial charge in [0.15, 0.2) is 0 Å². The minimum Gasteiger partial charge on any atom is -0.390 e. The summed E-state index contributed by atoms with van der Waals surface area (Å²) in [6.07, 6.45) is 2.67. The molecule has 20 heavy (non-hydrogen) atoms. The van der Waals surface area contributed by atoms with Crippen molar-refractivity contribution in [2.75, 3.05) is 50.7 Å². The highest BCUT2D eigenvalue weighted by Gasteiger charge is 2.19. The molecular formula is C15H26N4O. The van der Waals surface area contributed by atoms with Crippen molar-refractivity contribution in [1.82, 2.24) is 15.2 Å². The van der Waals surface area contributed by atoms with Crippen molar-refractivity contribution in [3.63, 3.8) is 0 Å². The third-order valence-electron chi connectivity index (χ3n) is 3.62. The van der Waals surface area contributed by atoms with E-state index < -0.39 is 0 Å². The number of pyridine rings is 1. The van der Waals surface area contributed by atoms with Crippen molar-refractivity contribution in [2.24, 2.45) is 0 Å². The highest BCUT2D eigenvalue weighted by Crippen LogP contribution is 2.12. The third kappa shape index (κ3) is 4.74. The van der Waals surface area contributed by atoms with E-state index in [4.69, 9.17) is 0 Å². The normalized spacial score (nSPS) is 18.2. The van der Waals surface area contributed by atoms with Crippen LogP contribution in [0, 0.1) is 0 Å². The summed E-state index contributed by atoms with van der Waals surface area (Å²) in [7, 11) is 0. The van der Waals surface area contributed by atoms with Gasteiger partial charge in [0.05, 0.1) is 6.10 Å². The summed E-state index contributed by atoms with van der Waals surface area (Å²) in [6, 6.07) is 6.02. The molecule has 0 radical (unpaired) electrons. The molecule has 0 aliphatic carbocycles. The van der Waals surface area contributed by atoms with Crippen LogP contribution in [0.2, 0.25) is 0 Å². The Balaban J connectivity index is 1.69. The average Bonchev–Trinajstić information content (AvgIpc) is 2.49. The molecule has 0 bridgehead atoms. The molecule has 1 aromatic rings. The maximum absolute atomic E-state index is 9.98. The van der Waals surface area contributed by atoms with E-state index in [9.17, 15) is 5.11 Å². The molecule has 1 aliphatic heterocycles. The van der Waals surface area contributed by atoms with Crippen molar-refractivity contribution < 1.29 is 5.11 Å². The fourth-order valence-electron chi connectivity index (χ4n) is 2.51. The lowest BCUT2D eigenvalue weighted by atomic mass is 10.2. The summed E-state index contributed by atoms with van der Waals surface area (Å²) in [6.45, 7) is 8.49. The predicted octanol–water partition coefficient (Wildman–Crippen LogP) is 0.564. The van der Waals surface area contributed by atoms with Crippen LogP contribution in [0.3, 0.4) is 0 Å². The van der Waals surface area contributed by atoms with Crippen molar-refractivity contribution in [3.05, 3.63) is 24.4 Å². The van der Waals surface area contributed by atoms with Crippen LogP contribution in [0.15, 0.2) is 24.4 Å². The van der Waals surface area contributed by atoms with Gasteiger partial charge in [-0.3, -0.25) is 4.90 Å². The third-order valence-corrected chi connectivity index (χ3v) is 3.62. The summed E-state index contributed by atoms with van der Waals surface area (Å²) in [4.78, 5) is 9.02. The van der Waals surface area contributed by atoms with E-state index in [-0.39, 0.29) is 6.10 Å². The smallest absolute Gasteiger partial charge is 0.128 e. The number of aliphatic hydroxyl groups excluding tert-OH is 1. The Morgan fingerprint density at radius 2 is 2.10 bits per heavy atom. The van der Waals surface area contributed by atoms with Gasteiger partial charge < -0.3 is 15.3 Å². The van der Waals surface area contributed by atoms with E-state index in [0.717, 1.165) is 51.5 Å². The lowest BCUT2D eigenvalue weighted by molar-refractivity contribution is 0.108. The lowest BCUT2D eigenvalue weighted by Gasteiger charge is -2.36. The van der Waals surface area contributed by atoms with Crippen LogP contribution in [0.1, 0.15) is 13.3 Å². The monoisotopic (exact) mass is 278 g/mol. The quantitative estimate of drug-likeness (QED) is 0.714. The molecule has 2 rings (SSSR count). The summed E-state index contributed by atoms with van der Waals surface area (Å²) in [5.74, 6) is 1.05. The van der Waals surface area contributed by atoms with Gasteiger partial charge >= 0.3 is 0 Å². The van der Waals surface area contributed by atoms with E-state index in [2.05, 4.69) is 33.1 Å². The van der Waals surface area contributed by atoms with Crippen molar-refractivity contribution >= 4 is 5.82 Å². The Bertz CT molecular complexity index is 365. The molecule has 1 fully saturated rings. The van der Waals surface area contributed by atoms with Gasteiger partial charge in [-0.25, -0.2) is 4.98 Å². The van der Waals surface area contributed by atoms with Crippen molar-refractivity contribution in [3.8, 4) is 0 Å². The number of piperazine rings is 1. The summed E-state index contributed by atoms with van der Waals surface area (Å²) in [5, 5.41) is 13.2. The topological polar surface area (TPSA) is 51.6 Å². The summed E-state index contributed by atoms with van der Waals surface area (Å²) < 4.78 is 0. The van der Waals surface area contributed by atoms with Crippen LogP contribution in [0.5, 0.6) is 0 Å². The number of hydrogen-bond acceptors (Lipinski definition) is 5. The van der Waals surface area contributed by atoms with Crippen LogP contribution in [-0.2, 0) is 0 Å². The molecule has 5 nitrogen and oxygen atoms in total. The van der Waals surface area contributed by atoms with Crippen LogP contribution >= 0.6 is 0 Å². The summed E-state index contributed by atoms with van der Waals surface area (Å²) in [5.41, 5.74) is 0. The fourth-order valence-corrected chi connectivity index (χ4v) is 2.51. The van der Waals surface area contributed by atoms with E-state index in [1.54, 1.807) is 0 Å². The molecule has 1 aromatic heterocycles. The SMILES string of the molecule is CCCNCC(O)CN1CCN(c2ccccn2)CC1. The molecule has 1 atom stereocenters.